The van der Waals surface area contributed by atoms with Gasteiger partial charge in [0.2, 0.25) is 5.91 Å². The quantitative estimate of drug-likeness (QED) is 0.643. The lowest BCUT2D eigenvalue weighted by molar-refractivity contribution is -0.160. The first-order valence-electron chi connectivity index (χ1n) is 4.74. The van der Waals surface area contributed by atoms with Gasteiger partial charge in [-0.3, -0.25) is 4.79 Å². The topological polar surface area (TPSA) is 20.3 Å². The molecule has 0 unspecified atom stereocenters. The van der Waals surface area contributed by atoms with Crippen LogP contribution in [0.2, 0.25) is 0 Å². The van der Waals surface area contributed by atoms with Crippen molar-refractivity contribution in [3.05, 3.63) is 12.2 Å². The van der Waals surface area contributed by atoms with Crippen molar-refractivity contribution in [2.24, 2.45) is 5.92 Å². The molecule has 4 heteroatoms. The van der Waals surface area contributed by atoms with Crippen molar-refractivity contribution in [2.45, 2.75) is 26.2 Å². The molecule has 1 amide bonds. The minimum absolute atomic E-state index is 0.309. The molecule has 0 atom stereocenters. The number of likely N-dealkylation sites (tertiary alicyclic amines) is 1. The van der Waals surface area contributed by atoms with E-state index >= 15 is 0 Å². The van der Waals surface area contributed by atoms with E-state index in [0.29, 0.717) is 5.92 Å². The van der Waals surface area contributed by atoms with Crippen LogP contribution in [0.1, 0.15) is 20.3 Å². The van der Waals surface area contributed by atoms with Gasteiger partial charge in [-0.05, 0) is 18.4 Å². The Morgan fingerprint density at radius 3 is 2.50 bits per heavy atom. The number of allylic oxidation sites excluding steroid dienone is 1. The number of carbonyl (C=O) groups excluding carboxylic acids is 1. The van der Waals surface area contributed by atoms with Crippen molar-refractivity contribution in [1.82, 2.24) is 4.90 Å². The van der Waals surface area contributed by atoms with Gasteiger partial charge in [0.05, 0.1) is 13.1 Å². The zero-order chi connectivity index (χ0) is 10.8. The number of amides is 1. The molecular formula is C10H15F2NO. The van der Waals surface area contributed by atoms with Gasteiger partial charge in [-0.25, -0.2) is 8.78 Å². The number of hydrogen-bond acceptors (Lipinski definition) is 1. The van der Waals surface area contributed by atoms with Gasteiger partial charge in [-0.1, -0.05) is 19.9 Å². The molecule has 0 aromatic rings. The van der Waals surface area contributed by atoms with Crippen LogP contribution >= 0.6 is 0 Å². The lowest BCUT2D eigenvalue weighted by atomic mass is 10.1. The lowest BCUT2D eigenvalue weighted by Gasteiger charge is -2.37. The molecule has 0 radical (unpaired) electrons. The van der Waals surface area contributed by atoms with Gasteiger partial charge in [0, 0.05) is 0 Å². The standard InChI is InChI=1S/C10H15F2NO/c1-8(2)4-3-5-9(14)13-6-10(11,12)7-13/h3,5,8H,4,6-7H2,1-2H3/b5-3-. The van der Waals surface area contributed by atoms with Crippen LogP contribution < -0.4 is 0 Å². The smallest absolute Gasteiger partial charge is 0.282 e. The average Bonchev–Trinajstić information content (AvgIpc) is 1.99. The van der Waals surface area contributed by atoms with E-state index in [2.05, 4.69) is 0 Å². The number of rotatable bonds is 3. The van der Waals surface area contributed by atoms with Crippen LogP contribution in [0.5, 0.6) is 0 Å². The third-order valence-corrected chi connectivity index (χ3v) is 2.02. The first kappa shape index (κ1) is 11.1. The Labute approximate surface area is 82.6 Å². The molecule has 1 saturated heterocycles. The van der Waals surface area contributed by atoms with E-state index in [1.807, 2.05) is 13.8 Å². The summed E-state index contributed by atoms with van der Waals surface area (Å²) in [5, 5.41) is 0. The van der Waals surface area contributed by atoms with Gasteiger partial charge < -0.3 is 4.90 Å². The Morgan fingerprint density at radius 1 is 1.50 bits per heavy atom. The minimum atomic E-state index is -2.67. The van der Waals surface area contributed by atoms with Crippen molar-refractivity contribution in [1.29, 1.82) is 0 Å². The van der Waals surface area contributed by atoms with E-state index in [0.717, 1.165) is 11.3 Å². The molecule has 0 aromatic heterocycles. The number of carbonyl (C=O) groups is 1. The fourth-order valence-electron chi connectivity index (χ4n) is 1.21. The summed E-state index contributed by atoms with van der Waals surface area (Å²) in [6, 6.07) is 0. The highest BCUT2D eigenvalue weighted by Crippen LogP contribution is 2.26. The van der Waals surface area contributed by atoms with Gasteiger partial charge in [0.25, 0.3) is 5.92 Å². The Morgan fingerprint density at radius 2 is 2.07 bits per heavy atom. The summed E-state index contributed by atoms with van der Waals surface area (Å²) in [5.74, 6) is -2.49. The van der Waals surface area contributed by atoms with Crippen molar-refractivity contribution in [3.8, 4) is 0 Å². The zero-order valence-corrected chi connectivity index (χ0v) is 8.46. The van der Waals surface area contributed by atoms with Gasteiger partial charge in [0.1, 0.15) is 0 Å². The van der Waals surface area contributed by atoms with Crippen LogP contribution in [-0.4, -0.2) is 29.8 Å². The average molecular weight is 203 g/mol. The number of halogens is 2. The van der Waals surface area contributed by atoms with Crippen LogP contribution in [0.3, 0.4) is 0 Å². The second-order valence-corrected chi connectivity index (χ2v) is 4.08. The molecule has 0 saturated carbocycles. The summed E-state index contributed by atoms with van der Waals surface area (Å²) in [6.07, 6.45) is 3.93. The maximum atomic E-state index is 12.4. The molecule has 0 spiro atoms. The van der Waals surface area contributed by atoms with Gasteiger partial charge in [-0.15, -0.1) is 0 Å². The predicted molar refractivity (Wildman–Crippen MR) is 50.1 cm³/mol. The molecule has 0 aromatic carbocycles. The fraction of sp³-hybridized carbons (Fsp3) is 0.700. The second-order valence-electron chi connectivity index (χ2n) is 4.08. The molecule has 0 bridgehead atoms. The highest BCUT2D eigenvalue weighted by molar-refractivity contribution is 5.88. The molecule has 14 heavy (non-hydrogen) atoms. The van der Waals surface area contributed by atoms with Gasteiger partial charge >= 0.3 is 0 Å². The van der Waals surface area contributed by atoms with Crippen LogP contribution in [0, 0.1) is 5.92 Å². The number of hydrogen-bond donors (Lipinski definition) is 0. The fourth-order valence-corrected chi connectivity index (χ4v) is 1.21. The third-order valence-electron chi connectivity index (χ3n) is 2.02. The van der Waals surface area contributed by atoms with Crippen LogP contribution in [0.15, 0.2) is 12.2 Å². The summed E-state index contributed by atoms with van der Waals surface area (Å²) in [4.78, 5) is 12.4. The van der Waals surface area contributed by atoms with Crippen molar-refractivity contribution >= 4 is 5.91 Å². The third kappa shape index (κ3) is 3.09. The molecule has 1 rings (SSSR count). The van der Waals surface area contributed by atoms with Crippen LogP contribution in [0.25, 0.3) is 0 Å². The Bertz CT molecular complexity index is 241. The summed E-state index contributed by atoms with van der Waals surface area (Å²) in [5.41, 5.74) is 0. The van der Waals surface area contributed by atoms with Gasteiger partial charge in [-0.2, -0.15) is 0 Å². The molecular weight excluding hydrogens is 188 g/mol. The molecule has 0 aliphatic carbocycles. The van der Waals surface area contributed by atoms with Crippen molar-refractivity contribution in [2.75, 3.05) is 13.1 Å². The number of nitrogens with zero attached hydrogens (tertiary/aromatic N) is 1. The zero-order valence-electron chi connectivity index (χ0n) is 8.46. The van der Waals surface area contributed by atoms with E-state index < -0.39 is 19.0 Å². The van der Waals surface area contributed by atoms with Crippen molar-refractivity contribution in [3.63, 3.8) is 0 Å². The first-order valence-corrected chi connectivity index (χ1v) is 4.74. The van der Waals surface area contributed by atoms with E-state index in [9.17, 15) is 13.6 Å². The van der Waals surface area contributed by atoms with Crippen LogP contribution in [0.4, 0.5) is 8.78 Å². The summed E-state index contributed by atoms with van der Waals surface area (Å²) < 4.78 is 24.8. The SMILES string of the molecule is CC(C)C/C=C\C(=O)N1CC(F)(F)C1. The molecule has 0 N–H and O–H groups in total. The highest BCUT2D eigenvalue weighted by Gasteiger charge is 2.45. The first-order chi connectivity index (χ1) is 6.41. The minimum Gasteiger partial charge on any atom is -0.327 e. The van der Waals surface area contributed by atoms with Gasteiger partial charge in [0.15, 0.2) is 0 Å². The van der Waals surface area contributed by atoms with Crippen LogP contribution in [-0.2, 0) is 4.79 Å². The molecule has 1 aliphatic heterocycles. The van der Waals surface area contributed by atoms with E-state index in [4.69, 9.17) is 0 Å². The Kier molecular flexibility index (Phi) is 3.24. The molecule has 1 aliphatic rings. The maximum Gasteiger partial charge on any atom is 0.282 e. The largest absolute Gasteiger partial charge is 0.327 e. The Balaban J connectivity index is 2.27. The lowest BCUT2D eigenvalue weighted by Crippen LogP contribution is -2.58. The summed E-state index contributed by atoms with van der Waals surface area (Å²) in [6.45, 7) is 3.20. The predicted octanol–water partition coefficient (Wildman–Crippen LogP) is 2.07. The molecule has 1 heterocycles. The molecule has 80 valence electrons. The summed E-state index contributed by atoms with van der Waals surface area (Å²) >= 11 is 0. The van der Waals surface area contributed by atoms with E-state index in [1.165, 1.54) is 6.08 Å². The summed E-state index contributed by atoms with van der Waals surface area (Å²) in [7, 11) is 0. The monoisotopic (exact) mass is 203 g/mol. The van der Waals surface area contributed by atoms with E-state index in [1.54, 1.807) is 6.08 Å². The van der Waals surface area contributed by atoms with Crippen molar-refractivity contribution < 1.29 is 13.6 Å². The highest BCUT2D eigenvalue weighted by atomic mass is 19.3. The normalized spacial score (nSPS) is 20.2. The molecule has 2 nitrogen and oxygen atoms in total. The van der Waals surface area contributed by atoms with E-state index in [-0.39, 0.29) is 5.91 Å². The molecule has 1 fully saturated rings. The Hall–Kier alpha value is -0.930. The maximum absolute atomic E-state index is 12.4. The number of alkyl halides is 2. The second kappa shape index (κ2) is 4.07.